The van der Waals surface area contributed by atoms with E-state index in [1.807, 2.05) is 34.5 Å². The number of esters is 1. The van der Waals surface area contributed by atoms with Gasteiger partial charge < -0.3 is 14.5 Å². The first-order valence-corrected chi connectivity index (χ1v) is 14.1. The lowest BCUT2D eigenvalue weighted by atomic mass is 10.1. The first kappa shape index (κ1) is 24.6. The van der Waals surface area contributed by atoms with Crippen LogP contribution in [-0.2, 0) is 16.0 Å². The molecule has 186 valence electrons. The number of aromatic nitrogens is 4. The Balaban J connectivity index is 1.30. The number of anilines is 1. The molecule has 36 heavy (non-hydrogen) atoms. The number of ether oxygens (including phenoxy) is 1. The molecule has 4 heterocycles. The quantitative estimate of drug-likeness (QED) is 0.196. The number of hydrogen-bond acceptors (Lipinski definition) is 11. The van der Waals surface area contributed by atoms with Crippen LogP contribution in [0.2, 0.25) is 0 Å². The van der Waals surface area contributed by atoms with Gasteiger partial charge in [-0.05, 0) is 36.2 Å². The van der Waals surface area contributed by atoms with Crippen LogP contribution in [0.5, 0.6) is 0 Å². The molecule has 3 aromatic heterocycles. The van der Waals surface area contributed by atoms with Crippen molar-refractivity contribution in [3.8, 4) is 11.3 Å². The predicted molar refractivity (Wildman–Crippen MR) is 143 cm³/mol. The Hall–Kier alpha value is -3.09. The van der Waals surface area contributed by atoms with E-state index in [0.717, 1.165) is 33.7 Å². The largest absolute Gasteiger partial charge is 0.468 e. The zero-order chi connectivity index (χ0) is 25.1. The van der Waals surface area contributed by atoms with Crippen LogP contribution in [-0.4, -0.2) is 75.4 Å². The standard InChI is InChI=1S/C24H24N6O3S3/c1-3-17-12-18-21(25-24(26-22(18)36-17)34-14-20(31)33-2)29-8-10-30(11-9-29)23(32)16-6-4-15(5-7-16)19-13-35-28-27-19/h4-7,12-13H,3,8-11,14H2,1-2H3. The molecule has 1 saturated heterocycles. The fraction of sp³-hybridized carbons (Fsp3) is 0.333. The van der Waals surface area contributed by atoms with Crippen molar-refractivity contribution in [2.75, 3.05) is 43.9 Å². The van der Waals surface area contributed by atoms with Gasteiger partial charge in [-0.15, -0.1) is 16.4 Å². The molecule has 5 rings (SSSR count). The number of amides is 1. The molecule has 0 atom stereocenters. The van der Waals surface area contributed by atoms with E-state index < -0.39 is 0 Å². The van der Waals surface area contributed by atoms with Gasteiger partial charge in [0.2, 0.25) is 0 Å². The van der Waals surface area contributed by atoms with E-state index >= 15 is 0 Å². The molecule has 1 aliphatic rings. The van der Waals surface area contributed by atoms with E-state index in [0.29, 0.717) is 36.9 Å². The summed E-state index contributed by atoms with van der Waals surface area (Å²) in [7, 11) is 1.37. The highest BCUT2D eigenvalue weighted by Crippen LogP contribution is 2.34. The van der Waals surface area contributed by atoms with Crippen LogP contribution >= 0.6 is 34.6 Å². The molecule has 4 aromatic rings. The van der Waals surface area contributed by atoms with Crippen molar-refractivity contribution in [3.05, 3.63) is 46.2 Å². The zero-order valence-corrected chi connectivity index (χ0v) is 22.3. The maximum Gasteiger partial charge on any atom is 0.316 e. The summed E-state index contributed by atoms with van der Waals surface area (Å²) in [5.41, 5.74) is 2.42. The van der Waals surface area contributed by atoms with Crippen LogP contribution in [0.1, 0.15) is 22.2 Å². The number of nitrogens with zero attached hydrogens (tertiary/aromatic N) is 6. The molecule has 1 fully saturated rings. The normalized spacial score (nSPS) is 13.8. The molecule has 1 amide bonds. The predicted octanol–water partition coefficient (Wildman–Crippen LogP) is 4.00. The summed E-state index contributed by atoms with van der Waals surface area (Å²) in [5.74, 6) is 0.724. The van der Waals surface area contributed by atoms with Crippen LogP contribution in [0.4, 0.5) is 5.82 Å². The van der Waals surface area contributed by atoms with Crippen molar-refractivity contribution in [1.82, 2.24) is 24.5 Å². The van der Waals surface area contributed by atoms with Crippen molar-refractivity contribution in [2.24, 2.45) is 0 Å². The summed E-state index contributed by atoms with van der Waals surface area (Å²) in [4.78, 5) is 40.5. The first-order chi connectivity index (χ1) is 17.6. The third-order valence-corrected chi connectivity index (χ3v) is 8.45. The van der Waals surface area contributed by atoms with Crippen LogP contribution < -0.4 is 4.90 Å². The van der Waals surface area contributed by atoms with Crippen LogP contribution in [0, 0.1) is 0 Å². The summed E-state index contributed by atoms with van der Waals surface area (Å²) in [6, 6.07) is 9.67. The molecular weight excluding hydrogens is 517 g/mol. The monoisotopic (exact) mass is 540 g/mol. The molecule has 0 saturated carbocycles. The fourth-order valence-electron chi connectivity index (χ4n) is 3.98. The van der Waals surface area contributed by atoms with Gasteiger partial charge in [-0.1, -0.05) is 35.3 Å². The second-order valence-corrected chi connectivity index (χ2v) is 10.8. The lowest BCUT2D eigenvalue weighted by molar-refractivity contribution is -0.137. The number of benzene rings is 1. The van der Waals surface area contributed by atoms with E-state index in [9.17, 15) is 9.59 Å². The van der Waals surface area contributed by atoms with E-state index in [4.69, 9.17) is 9.72 Å². The molecule has 0 unspecified atom stereocenters. The molecule has 1 aliphatic heterocycles. The maximum absolute atomic E-state index is 13.1. The highest BCUT2D eigenvalue weighted by molar-refractivity contribution is 7.99. The minimum absolute atomic E-state index is 0.0172. The first-order valence-electron chi connectivity index (χ1n) is 11.5. The number of carbonyl (C=O) groups excluding carboxylic acids is 2. The molecule has 0 aliphatic carbocycles. The molecule has 0 N–H and O–H groups in total. The molecule has 0 radical (unpaired) electrons. The van der Waals surface area contributed by atoms with Crippen molar-refractivity contribution >= 4 is 62.5 Å². The van der Waals surface area contributed by atoms with Crippen LogP contribution in [0.15, 0.2) is 40.9 Å². The number of aryl methyl sites for hydroxylation is 1. The van der Waals surface area contributed by atoms with Crippen molar-refractivity contribution in [3.63, 3.8) is 0 Å². The SMILES string of the molecule is CCc1cc2c(N3CCN(C(=O)c4ccc(-c5csnn5)cc4)CC3)nc(SCC(=O)OC)nc2s1. The summed E-state index contributed by atoms with van der Waals surface area (Å²) in [5, 5.41) is 7.54. The van der Waals surface area contributed by atoms with Gasteiger partial charge in [0, 0.05) is 47.6 Å². The van der Waals surface area contributed by atoms with E-state index in [-0.39, 0.29) is 17.6 Å². The van der Waals surface area contributed by atoms with Gasteiger partial charge in [-0.25, -0.2) is 9.97 Å². The topological polar surface area (TPSA) is 101 Å². The number of rotatable bonds is 7. The zero-order valence-electron chi connectivity index (χ0n) is 19.8. The Morgan fingerprint density at radius 1 is 1.11 bits per heavy atom. The molecule has 0 spiro atoms. The Kier molecular flexibility index (Phi) is 7.44. The number of hydrogen-bond donors (Lipinski definition) is 0. The summed E-state index contributed by atoms with van der Waals surface area (Å²) >= 11 is 4.23. The fourth-order valence-corrected chi connectivity index (χ4v) is 6.13. The number of methoxy groups -OCH3 is 1. The molecular formula is C24H24N6O3S3. The average molecular weight is 541 g/mol. The van der Waals surface area contributed by atoms with E-state index in [1.165, 1.54) is 35.3 Å². The Labute approximate surface area is 220 Å². The molecule has 1 aromatic carbocycles. The third-order valence-electron chi connectivity index (χ3n) is 5.95. The Morgan fingerprint density at radius 3 is 2.56 bits per heavy atom. The van der Waals surface area contributed by atoms with Gasteiger partial charge in [0.15, 0.2) is 5.16 Å². The molecule has 0 bridgehead atoms. The van der Waals surface area contributed by atoms with Gasteiger partial charge in [0.25, 0.3) is 5.91 Å². The van der Waals surface area contributed by atoms with Gasteiger partial charge in [0.1, 0.15) is 16.3 Å². The highest BCUT2D eigenvalue weighted by Gasteiger charge is 2.25. The van der Waals surface area contributed by atoms with Crippen molar-refractivity contribution in [1.29, 1.82) is 0 Å². The summed E-state index contributed by atoms with van der Waals surface area (Å²) in [6.07, 6.45) is 0.922. The van der Waals surface area contributed by atoms with E-state index in [1.54, 1.807) is 11.3 Å². The molecule has 12 heteroatoms. The third kappa shape index (κ3) is 5.20. The van der Waals surface area contributed by atoms with Crippen LogP contribution in [0.3, 0.4) is 0 Å². The second-order valence-electron chi connectivity index (χ2n) is 8.13. The highest BCUT2D eigenvalue weighted by atomic mass is 32.2. The number of piperazine rings is 1. The Bertz CT molecular complexity index is 1370. The number of fused-ring (bicyclic) bond motifs is 1. The van der Waals surface area contributed by atoms with Gasteiger partial charge in [0.05, 0.1) is 18.2 Å². The summed E-state index contributed by atoms with van der Waals surface area (Å²) in [6.45, 7) is 4.64. The lowest BCUT2D eigenvalue weighted by Gasteiger charge is -2.35. The Morgan fingerprint density at radius 2 is 1.89 bits per heavy atom. The van der Waals surface area contributed by atoms with E-state index in [2.05, 4.69) is 32.5 Å². The minimum Gasteiger partial charge on any atom is -0.468 e. The number of carbonyl (C=O) groups is 2. The number of thiophene rings is 1. The van der Waals surface area contributed by atoms with Gasteiger partial charge in [-0.3, -0.25) is 9.59 Å². The minimum atomic E-state index is -0.311. The van der Waals surface area contributed by atoms with Crippen LogP contribution in [0.25, 0.3) is 21.5 Å². The second kappa shape index (κ2) is 10.9. The lowest BCUT2D eigenvalue weighted by Crippen LogP contribution is -2.49. The van der Waals surface area contributed by atoms with Gasteiger partial charge >= 0.3 is 5.97 Å². The van der Waals surface area contributed by atoms with Crippen molar-refractivity contribution in [2.45, 2.75) is 18.5 Å². The maximum atomic E-state index is 13.1. The smallest absolute Gasteiger partial charge is 0.316 e. The number of thioether (sulfide) groups is 1. The summed E-state index contributed by atoms with van der Waals surface area (Å²) < 4.78 is 8.65. The van der Waals surface area contributed by atoms with Crippen molar-refractivity contribution < 1.29 is 14.3 Å². The van der Waals surface area contributed by atoms with Gasteiger partial charge in [-0.2, -0.15) is 0 Å². The average Bonchev–Trinajstić information content (AvgIpc) is 3.61. The molecule has 9 nitrogen and oxygen atoms in total.